The number of rotatable bonds is 5. The van der Waals surface area contributed by atoms with Crippen molar-refractivity contribution in [1.29, 1.82) is 0 Å². The molecule has 1 aliphatic heterocycles. The normalized spacial score (nSPS) is 16.8. The van der Waals surface area contributed by atoms with Crippen LogP contribution in [0.5, 0.6) is 0 Å². The zero-order valence-electron chi connectivity index (χ0n) is 18.6. The summed E-state index contributed by atoms with van der Waals surface area (Å²) in [5.74, 6) is -0.192. The average Bonchev–Trinajstić information content (AvgIpc) is 3.47. The molecule has 0 radical (unpaired) electrons. The molecule has 3 aromatic rings. The minimum atomic E-state index is -0.537. The Balaban J connectivity index is 1.28. The molecule has 0 aromatic heterocycles. The first-order valence-electron chi connectivity index (χ1n) is 11.4. The van der Waals surface area contributed by atoms with E-state index in [1.165, 1.54) is 22.3 Å². The van der Waals surface area contributed by atoms with Crippen LogP contribution in [0.2, 0.25) is 0 Å². The number of fused-ring (bicyclic) bond motifs is 3. The van der Waals surface area contributed by atoms with E-state index < -0.39 is 12.1 Å². The SMILES string of the molecule is CNc1ccccc1NC(=O)[C@@H]1CCCN1C(=O)OCC1c2ccccc2-c2ccccc21. The Morgan fingerprint density at radius 1 is 0.909 bits per heavy atom. The number of hydrogen-bond donors (Lipinski definition) is 2. The molecule has 0 unspecified atom stereocenters. The number of nitrogens with zero attached hydrogens (tertiary/aromatic N) is 1. The number of hydrogen-bond acceptors (Lipinski definition) is 4. The fraction of sp³-hybridized carbons (Fsp3) is 0.259. The Morgan fingerprint density at radius 2 is 1.52 bits per heavy atom. The van der Waals surface area contributed by atoms with E-state index in [1.54, 1.807) is 4.90 Å². The highest BCUT2D eigenvalue weighted by atomic mass is 16.6. The highest BCUT2D eigenvalue weighted by Crippen LogP contribution is 2.44. The van der Waals surface area contributed by atoms with Gasteiger partial charge in [-0.05, 0) is 47.2 Å². The van der Waals surface area contributed by atoms with Crippen molar-refractivity contribution in [3.63, 3.8) is 0 Å². The van der Waals surface area contributed by atoms with Gasteiger partial charge in [-0.2, -0.15) is 0 Å². The minimum absolute atomic E-state index is 0.00117. The maximum Gasteiger partial charge on any atom is 0.410 e. The van der Waals surface area contributed by atoms with E-state index in [0.29, 0.717) is 18.7 Å². The van der Waals surface area contributed by atoms with Gasteiger partial charge in [-0.3, -0.25) is 9.69 Å². The fourth-order valence-corrected chi connectivity index (χ4v) is 4.96. The van der Waals surface area contributed by atoms with Crippen LogP contribution in [0.1, 0.15) is 29.9 Å². The van der Waals surface area contributed by atoms with Crippen molar-refractivity contribution in [3.05, 3.63) is 83.9 Å². The van der Waals surface area contributed by atoms with Crippen LogP contribution in [0.3, 0.4) is 0 Å². The maximum absolute atomic E-state index is 13.0. The molecule has 0 spiro atoms. The standard InChI is InChI=1S/C27H27N3O3/c1-28-23-13-6-7-14-24(23)29-26(31)25-15-8-16-30(25)27(32)33-17-22-20-11-4-2-9-18(20)19-10-3-5-12-21(19)22/h2-7,9-14,22,25,28H,8,15-17H2,1H3,(H,29,31)/t25-/m0/s1. The summed E-state index contributed by atoms with van der Waals surface area (Å²) in [4.78, 5) is 27.6. The molecular weight excluding hydrogens is 414 g/mol. The summed E-state index contributed by atoms with van der Waals surface area (Å²) in [6.45, 7) is 0.767. The van der Waals surface area contributed by atoms with Gasteiger partial charge >= 0.3 is 6.09 Å². The van der Waals surface area contributed by atoms with Gasteiger partial charge in [0.25, 0.3) is 0 Å². The lowest BCUT2D eigenvalue weighted by Crippen LogP contribution is -2.43. The topological polar surface area (TPSA) is 70.7 Å². The maximum atomic E-state index is 13.0. The van der Waals surface area contributed by atoms with Crippen LogP contribution < -0.4 is 10.6 Å². The van der Waals surface area contributed by atoms with Crippen molar-refractivity contribution in [3.8, 4) is 11.1 Å². The zero-order chi connectivity index (χ0) is 22.8. The van der Waals surface area contributed by atoms with Crippen molar-refractivity contribution in [2.24, 2.45) is 0 Å². The van der Waals surface area contributed by atoms with Gasteiger partial charge in [0.05, 0.1) is 11.4 Å². The quantitative estimate of drug-likeness (QED) is 0.579. The van der Waals surface area contributed by atoms with E-state index in [0.717, 1.165) is 12.1 Å². The number of carbonyl (C=O) groups excluding carboxylic acids is 2. The molecule has 1 heterocycles. The predicted molar refractivity (Wildman–Crippen MR) is 129 cm³/mol. The van der Waals surface area contributed by atoms with Gasteiger partial charge in [-0.25, -0.2) is 4.79 Å². The van der Waals surface area contributed by atoms with Gasteiger partial charge in [-0.1, -0.05) is 60.7 Å². The largest absolute Gasteiger partial charge is 0.448 e. The number of ether oxygens (including phenoxy) is 1. The lowest BCUT2D eigenvalue weighted by Gasteiger charge is -2.25. The monoisotopic (exact) mass is 441 g/mol. The van der Waals surface area contributed by atoms with Crippen LogP contribution in [0.4, 0.5) is 16.2 Å². The van der Waals surface area contributed by atoms with E-state index in [9.17, 15) is 9.59 Å². The van der Waals surface area contributed by atoms with E-state index in [-0.39, 0.29) is 18.4 Å². The van der Waals surface area contributed by atoms with Crippen LogP contribution >= 0.6 is 0 Å². The molecule has 2 amide bonds. The number of anilines is 2. The van der Waals surface area contributed by atoms with Gasteiger partial charge < -0.3 is 15.4 Å². The summed E-state index contributed by atoms with van der Waals surface area (Å²) >= 11 is 0. The molecule has 33 heavy (non-hydrogen) atoms. The summed E-state index contributed by atoms with van der Waals surface area (Å²) in [6.07, 6.45) is 0.963. The first-order valence-corrected chi connectivity index (χ1v) is 11.4. The third kappa shape index (κ3) is 3.93. The average molecular weight is 442 g/mol. The van der Waals surface area contributed by atoms with Crippen LogP contribution in [0.15, 0.2) is 72.8 Å². The predicted octanol–water partition coefficient (Wildman–Crippen LogP) is 5.08. The highest BCUT2D eigenvalue weighted by molar-refractivity contribution is 5.99. The number of carbonyl (C=O) groups is 2. The van der Waals surface area contributed by atoms with E-state index >= 15 is 0 Å². The minimum Gasteiger partial charge on any atom is -0.448 e. The smallest absolute Gasteiger partial charge is 0.410 e. The highest BCUT2D eigenvalue weighted by Gasteiger charge is 2.36. The third-order valence-corrected chi connectivity index (χ3v) is 6.58. The second kappa shape index (κ2) is 8.98. The molecule has 2 aliphatic rings. The molecule has 168 valence electrons. The molecule has 6 heteroatoms. The van der Waals surface area contributed by atoms with Gasteiger partial charge in [0.2, 0.25) is 5.91 Å². The lowest BCUT2D eigenvalue weighted by atomic mass is 9.98. The summed E-state index contributed by atoms with van der Waals surface area (Å²) < 4.78 is 5.79. The molecule has 1 aliphatic carbocycles. The van der Waals surface area contributed by atoms with Crippen LogP contribution in [0.25, 0.3) is 11.1 Å². The molecule has 0 bridgehead atoms. The van der Waals surface area contributed by atoms with Crippen LogP contribution in [0, 0.1) is 0 Å². The number of likely N-dealkylation sites (tertiary alicyclic amines) is 1. The van der Waals surface area contributed by atoms with Gasteiger partial charge in [0.15, 0.2) is 0 Å². The Bertz CT molecular complexity index is 1150. The molecule has 1 fully saturated rings. The van der Waals surface area contributed by atoms with Gasteiger partial charge in [-0.15, -0.1) is 0 Å². The Hall–Kier alpha value is -3.80. The van der Waals surface area contributed by atoms with E-state index in [1.807, 2.05) is 55.6 Å². The van der Waals surface area contributed by atoms with Crippen LogP contribution in [-0.2, 0) is 9.53 Å². The molecule has 1 saturated heterocycles. The van der Waals surface area contributed by atoms with Gasteiger partial charge in [0.1, 0.15) is 12.6 Å². The molecule has 1 atom stereocenters. The second-order valence-corrected chi connectivity index (χ2v) is 8.44. The van der Waals surface area contributed by atoms with Crippen LogP contribution in [-0.4, -0.2) is 43.1 Å². The fourth-order valence-electron chi connectivity index (χ4n) is 4.96. The van der Waals surface area contributed by atoms with Gasteiger partial charge in [0, 0.05) is 19.5 Å². The summed E-state index contributed by atoms with van der Waals surface area (Å²) in [5, 5.41) is 6.03. The number of nitrogens with one attached hydrogen (secondary N) is 2. The zero-order valence-corrected chi connectivity index (χ0v) is 18.6. The molecule has 3 aromatic carbocycles. The number of amides is 2. The molecule has 2 N–H and O–H groups in total. The van der Waals surface area contributed by atoms with Crippen molar-refractivity contribution >= 4 is 23.4 Å². The summed E-state index contributed by atoms with van der Waals surface area (Å²) in [6, 6.07) is 23.5. The Morgan fingerprint density at radius 3 is 2.18 bits per heavy atom. The van der Waals surface area contributed by atoms with E-state index in [4.69, 9.17) is 4.74 Å². The Kier molecular flexibility index (Phi) is 5.73. The van der Waals surface area contributed by atoms with Crippen molar-refractivity contribution < 1.29 is 14.3 Å². The van der Waals surface area contributed by atoms with Crippen molar-refractivity contribution in [2.45, 2.75) is 24.8 Å². The lowest BCUT2D eigenvalue weighted by molar-refractivity contribution is -0.120. The van der Waals surface area contributed by atoms with E-state index in [2.05, 4.69) is 34.9 Å². The first-order chi connectivity index (χ1) is 16.2. The molecule has 0 saturated carbocycles. The summed E-state index contributed by atoms with van der Waals surface area (Å²) in [5.41, 5.74) is 6.25. The second-order valence-electron chi connectivity index (χ2n) is 8.44. The first kappa shape index (κ1) is 21.1. The molecule has 6 nitrogen and oxygen atoms in total. The van der Waals surface area contributed by atoms with Crippen molar-refractivity contribution in [1.82, 2.24) is 4.90 Å². The number of para-hydroxylation sites is 2. The van der Waals surface area contributed by atoms with Crippen molar-refractivity contribution in [2.75, 3.05) is 30.8 Å². The number of benzene rings is 3. The third-order valence-electron chi connectivity index (χ3n) is 6.58. The Labute approximate surface area is 193 Å². The molecule has 5 rings (SSSR count). The summed E-state index contributed by atoms with van der Waals surface area (Å²) in [7, 11) is 1.81. The molecular formula is C27H27N3O3.